The number of thioether (sulfide) groups is 2. The minimum Gasteiger partial charge on any atom is -0.741 e. The van der Waals surface area contributed by atoms with Gasteiger partial charge in [-0.2, -0.15) is 13.2 Å². The van der Waals surface area contributed by atoms with Crippen LogP contribution in [0.5, 0.6) is 0 Å². The number of hydrogen-bond acceptors (Lipinski definition) is 6. The monoisotopic (exact) mass is 556 g/mol. The third-order valence-electron chi connectivity index (χ3n) is 5.25. The van der Waals surface area contributed by atoms with E-state index in [2.05, 4.69) is 123 Å². The highest BCUT2D eigenvalue weighted by atomic mass is 32.7. The van der Waals surface area contributed by atoms with Gasteiger partial charge in [0.2, 0.25) is 0 Å². The quantitative estimate of drug-likeness (QED) is 0.246. The van der Waals surface area contributed by atoms with Crippen LogP contribution in [0.2, 0.25) is 0 Å². The predicted octanol–water partition coefficient (Wildman–Crippen LogP) is 6.41. The molecule has 11 heteroatoms. The Balaban J connectivity index is 0.000000414. The Hall–Kier alpha value is -0.380. The molecule has 2 aromatic rings. The van der Waals surface area contributed by atoms with Gasteiger partial charge in [0.1, 0.15) is 10.6 Å². The first kappa shape index (κ1) is 28.9. The van der Waals surface area contributed by atoms with Crippen LogP contribution in [0.1, 0.15) is 20.8 Å². The van der Waals surface area contributed by atoms with Crippen molar-refractivity contribution in [1.29, 1.82) is 0 Å². The summed E-state index contributed by atoms with van der Waals surface area (Å²) in [7, 11) is -6.09. The number of alkyl halides is 3. The highest BCUT2D eigenvalue weighted by Gasteiger charge is 2.53. The van der Waals surface area contributed by atoms with Gasteiger partial charge < -0.3 is 4.55 Å². The van der Waals surface area contributed by atoms with Gasteiger partial charge in [-0.3, -0.25) is 0 Å². The van der Waals surface area contributed by atoms with Crippen LogP contribution in [0.4, 0.5) is 13.2 Å². The molecule has 0 atom stereocenters. The summed E-state index contributed by atoms with van der Waals surface area (Å²) < 4.78 is 59.5. The fourth-order valence-corrected chi connectivity index (χ4v) is 17.6. The summed E-state index contributed by atoms with van der Waals surface area (Å²) in [5.74, 6) is 3.36. The van der Waals surface area contributed by atoms with Crippen LogP contribution in [-0.4, -0.2) is 40.6 Å². The number of halogens is 3. The molecule has 1 heterocycles. The van der Waals surface area contributed by atoms with Crippen molar-refractivity contribution in [3.8, 4) is 0 Å². The third-order valence-corrected chi connectivity index (χ3v) is 18.9. The molecule has 1 saturated heterocycles. The Kier molecular flexibility index (Phi) is 10.1. The lowest BCUT2D eigenvalue weighted by Crippen LogP contribution is -2.33. The highest BCUT2D eigenvalue weighted by molar-refractivity contribution is 8.70. The number of hydrogen-bond donors (Lipinski definition) is 0. The first-order valence-corrected chi connectivity index (χ1v) is 17.2. The van der Waals surface area contributed by atoms with E-state index in [0.717, 1.165) is 5.92 Å². The van der Waals surface area contributed by atoms with Crippen molar-refractivity contribution < 1.29 is 26.1 Å². The Morgan fingerprint density at radius 3 is 1.55 bits per heavy atom. The van der Waals surface area contributed by atoms with Crippen LogP contribution in [0, 0.1) is 11.3 Å². The van der Waals surface area contributed by atoms with Crippen LogP contribution >= 0.6 is 41.4 Å². The molecule has 0 unspecified atom stereocenters. The molecule has 0 spiro atoms. The second-order valence-corrected chi connectivity index (χ2v) is 19.1. The van der Waals surface area contributed by atoms with Crippen molar-refractivity contribution in [3.63, 3.8) is 0 Å². The fourth-order valence-electron chi connectivity index (χ4n) is 3.19. The topological polar surface area (TPSA) is 57.2 Å². The van der Waals surface area contributed by atoms with Crippen LogP contribution in [0.3, 0.4) is 0 Å². The molecule has 1 aliphatic rings. The zero-order valence-electron chi connectivity index (χ0n) is 18.8. The second kappa shape index (κ2) is 11.6. The Labute approximate surface area is 207 Å². The van der Waals surface area contributed by atoms with Crippen molar-refractivity contribution in [2.45, 2.75) is 30.6 Å². The van der Waals surface area contributed by atoms with E-state index in [-0.39, 0.29) is 0 Å². The molecule has 0 bridgehead atoms. The predicted molar refractivity (Wildman–Crippen MR) is 140 cm³/mol. The maximum Gasteiger partial charge on any atom is 0.485 e. The van der Waals surface area contributed by atoms with E-state index in [0.29, 0.717) is 9.74 Å². The molecule has 1 fully saturated rings. The summed E-state index contributed by atoms with van der Waals surface area (Å²) in [6, 6.07) is 22.5. The molecule has 2 aromatic carbocycles. The largest absolute Gasteiger partial charge is 0.741 e. The zero-order chi connectivity index (χ0) is 24.9. The van der Waals surface area contributed by atoms with Gasteiger partial charge in [-0.1, -0.05) is 57.2 Å². The standard InChI is InChI=1S/C21H28PS3.CHF3O3S/c1-21(2,3)17-15-24-20(25-16-17)22(23-4,18-11-7-5-8-12-18)19-13-9-6-10-14-19;2-1(3,4)8(5,6)7/h5-14,17,20H,15-16H2,1-4H3;(H,5,6,7)/q+1;/p-1. The highest BCUT2D eigenvalue weighted by Crippen LogP contribution is 2.76. The van der Waals surface area contributed by atoms with E-state index in [1.165, 1.54) is 22.1 Å². The van der Waals surface area contributed by atoms with Gasteiger partial charge in [-0.15, -0.1) is 23.5 Å². The molecule has 0 aromatic heterocycles. The molecule has 0 amide bonds. The van der Waals surface area contributed by atoms with Crippen molar-refractivity contribution >= 4 is 62.1 Å². The van der Waals surface area contributed by atoms with Gasteiger partial charge in [0.05, 0.1) is 0 Å². The van der Waals surface area contributed by atoms with Crippen LogP contribution in [-0.2, 0) is 10.1 Å². The van der Waals surface area contributed by atoms with E-state index in [9.17, 15) is 13.2 Å². The average molecular weight is 557 g/mol. The minimum absolute atomic E-state index is 0.408. The molecule has 0 radical (unpaired) electrons. The lowest BCUT2D eigenvalue weighted by molar-refractivity contribution is -0.0517. The van der Waals surface area contributed by atoms with Crippen molar-refractivity contribution in [1.82, 2.24) is 0 Å². The molecule has 0 aliphatic carbocycles. The summed E-state index contributed by atoms with van der Waals surface area (Å²) in [6.07, 6.45) is 2.32. The summed E-state index contributed by atoms with van der Waals surface area (Å²) in [6.45, 7) is 5.69. The number of benzene rings is 2. The molecule has 1 aliphatic heterocycles. The van der Waals surface area contributed by atoms with Crippen molar-refractivity contribution in [2.24, 2.45) is 11.3 Å². The SMILES string of the molecule is CS[P+](c1ccccc1)(c1ccccc1)C1SCC(C(C)(C)C)CS1.O=S(=O)([O-])C(F)(F)F. The molecule has 0 N–H and O–H groups in total. The van der Waals surface area contributed by atoms with E-state index < -0.39 is 22.1 Å². The van der Waals surface area contributed by atoms with E-state index in [1.54, 1.807) is 0 Å². The van der Waals surface area contributed by atoms with Crippen LogP contribution < -0.4 is 10.6 Å². The fraction of sp³-hybridized carbons (Fsp3) is 0.455. The molecule has 33 heavy (non-hydrogen) atoms. The number of rotatable bonds is 4. The van der Waals surface area contributed by atoms with Gasteiger partial charge >= 0.3 is 5.51 Å². The molecular formula is C22H28F3O3PS4. The lowest BCUT2D eigenvalue weighted by atomic mass is 9.83. The smallest absolute Gasteiger partial charge is 0.485 e. The van der Waals surface area contributed by atoms with Crippen molar-refractivity contribution in [2.75, 3.05) is 17.8 Å². The van der Waals surface area contributed by atoms with Gasteiger partial charge in [0, 0.05) is 29.1 Å². The average Bonchev–Trinajstić information content (AvgIpc) is 2.75. The van der Waals surface area contributed by atoms with Crippen LogP contribution in [0.25, 0.3) is 0 Å². The summed E-state index contributed by atoms with van der Waals surface area (Å²) >= 11 is 6.53. The summed E-state index contributed by atoms with van der Waals surface area (Å²) in [5, 5.41) is 3.07. The molecule has 184 valence electrons. The van der Waals surface area contributed by atoms with Crippen molar-refractivity contribution in [3.05, 3.63) is 60.7 Å². The van der Waals surface area contributed by atoms with Gasteiger partial charge in [-0.25, -0.2) is 8.42 Å². The maximum absolute atomic E-state index is 10.7. The Morgan fingerprint density at radius 2 is 1.27 bits per heavy atom. The van der Waals surface area contributed by atoms with E-state index in [4.69, 9.17) is 13.0 Å². The van der Waals surface area contributed by atoms with E-state index >= 15 is 0 Å². The van der Waals surface area contributed by atoms with Gasteiger partial charge in [0.15, 0.2) is 20.9 Å². The molecule has 3 nitrogen and oxygen atoms in total. The molecular weight excluding hydrogens is 528 g/mol. The lowest BCUT2D eigenvalue weighted by Gasteiger charge is -2.39. The Bertz CT molecular complexity index is 934. The maximum atomic E-state index is 10.7. The first-order chi connectivity index (χ1) is 15.2. The molecule has 0 saturated carbocycles. The first-order valence-electron chi connectivity index (χ1n) is 10.0. The summed E-state index contributed by atoms with van der Waals surface area (Å²) in [5.41, 5.74) is -5.24. The molecule has 3 rings (SSSR count). The van der Waals surface area contributed by atoms with Gasteiger partial charge in [0.25, 0.3) is 0 Å². The minimum atomic E-state index is -6.09. The zero-order valence-corrected chi connectivity index (χ0v) is 22.9. The van der Waals surface area contributed by atoms with Crippen LogP contribution in [0.15, 0.2) is 60.7 Å². The van der Waals surface area contributed by atoms with E-state index in [1.807, 2.05) is 0 Å². The normalized spacial score (nSPS) is 20.0. The Morgan fingerprint density at radius 1 is 0.909 bits per heavy atom. The summed E-state index contributed by atoms with van der Waals surface area (Å²) in [4.78, 5) is 0. The third kappa shape index (κ3) is 7.31. The van der Waals surface area contributed by atoms with Gasteiger partial charge in [-0.05, 0) is 35.6 Å². The second-order valence-electron chi connectivity index (χ2n) is 8.45.